The molecule has 1 saturated heterocycles. The van der Waals surface area contributed by atoms with Crippen LogP contribution in [0.25, 0.3) is 10.8 Å². The molecule has 2 aromatic rings. The summed E-state index contributed by atoms with van der Waals surface area (Å²) in [6, 6.07) is 14.1. The number of aliphatic carboxylic acids is 1. The lowest BCUT2D eigenvalue weighted by Crippen LogP contribution is -2.49. The standard InChI is InChI=1S/C16H17NO2/c18-15(19)16(8-3-9-17-11-16)14-7-6-12-4-1-2-5-13(12)10-14/h1-2,4-7,10,17H,3,8-9,11H2,(H,18,19). The van der Waals surface area contributed by atoms with E-state index < -0.39 is 11.4 Å². The summed E-state index contributed by atoms with van der Waals surface area (Å²) in [5, 5.41) is 15.1. The molecular formula is C16H17NO2. The third-order valence-electron chi connectivity index (χ3n) is 4.10. The second-order valence-corrected chi connectivity index (χ2v) is 5.23. The van der Waals surface area contributed by atoms with Gasteiger partial charge in [-0.2, -0.15) is 0 Å². The lowest BCUT2D eigenvalue weighted by Gasteiger charge is -2.34. The van der Waals surface area contributed by atoms with Gasteiger partial charge in [-0.3, -0.25) is 4.79 Å². The molecule has 0 aromatic heterocycles. The summed E-state index contributed by atoms with van der Waals surface area (Å²) in [7, 11) is 0. The van der Waals surface area contributed by atoms with Crippen molar-refractivity contribution in [3.63, 3.8) is 0 Å². The van der Waals surface area contributed by atoms with Crippen LogP contribution in [-0.2, 0) is 10.2 Å². The first-order chi connectivity index (χ1) is 9.22. The lowest BCUT2D eigenvalue weighted by atomic mass is 9.74. The number of benzene rings is 2. The summed E-state index contributed by atoms with van der Waals surface area (Å²) < 4.78 is 0. The molecule has 1 fully saturated rings. The lowest BCUT2D eigenvalue weighted by molar-refractivity contribution is -0.144. The summed E-state index contributed by atoms with van der Waals surface area (Å²) in [5.74, 6) is -0.727. The summed E-state index contributed by atoms with van der Waals surface area (Å²) in [5.41, 5.74) is 0.133. The highest BCUT2D eigenvalue weighted by Gasteiger charge is 2.41. The number of hydrogen-bond acceptors (Lipinski definition) is 2. The molecule has 1 unspecified atom stereocenters. The quantitative estimate of drug-likeness (QED) is 0.867. The van der Waals surface area contributed by atoms with Crippen LogP contribution < -0.4 is 5.32 Å². The molecule has 0 spiro atoms. The molecule has 0 radical (unpaired) electrons. The molecule has 2 aromatic carbocycles. The highest BCUT2D eigenvalue weighted by molar-refractivity contribution is 5.87. The maximum Gasteiger partial charge on any atom is 0.315 e. The first kappa shape index (κ1) is 12.2. The second-order valence-electron chi connectivity index (χ2n) is 5.23. The van der Waals surface area contributed by atoms with Gasteiger partial charge in [0.05, 0.1) is 0 Å². The minimum absolute atomic E-state index is 0.515. The van der Waals surface area contributed by atoms with Crippen molar-refractivity contribution in [1.82, 2.24) is 5.32 Å². The minimum atomic E-state index is -0.776. The van der Waals surface area contributed by atoms with Crippen molar-refractivity contribution in [3.05, 3.63) is 48.0 Å². The maximum atomic E-state index is 11.8. The van der Waals surface area contributed by atoms with Gasteiger partial charge in [-0.05, 0) is 41.8 Å². The molecule has 3 rings (SSSR count). The smallest absolute Gasteiger partial charge is 0.315 e. The molecule has 1 heterocycles. The Hall–Kier alpha value is -1.87. The Labute approximate surface area is 112 Å². The Morgan fingerprint density at radius 2 is 1.95 bits per heavy atom. The number of nitrogens with one attached hydrogen (secondary N) is 1. The van der Waals surface area contributed by atoms with E-state index in [4.69, 9.17) is 0 Å². The van der Waals surface area contributed by atoms with E-state index in [9.17, 15) is 9.90 Å². The van der Waals surface area contributed by atoms with Crippen molar-refractivity contribution in [2.24, 2.45) is 0 Å². The number of carbonyl (C=O) groups is 1. The van der Waals surface area contributed by atoms with Crippen molar-refractivity contribution in [3.8, 4) is 0 Å². The first-order valence-corrected chi connectivity index (χ1v) is 6.66. The predicted octanol–water partition coefficient (Wildman–Crippen LogP) is 2.55. The van der Waals surface area contributed by atoms with Gasteiger partial charge in [-0.25, -0.2) is 0 Å². The minimum Gasteiger partial charge on any atom is -0.481 e. The van der Waals surface area contributed by atoms with E-state index in [0.29, 0.717) is 13.0 Å². The third kappa shape index (κ3) is 2.00. The van der Waals surface area contributed by atoms with Gasteiger partial charge in [0.1, 0.15) is 5.41 Å². The van der Waals surface area contributed by atoms with Crippen LogP contribution in [0.1, 0.15) is 18.4 Å². The monoisotopic (exact) mass is 255 g/mol. The van der Waals surface area contributed by atoms with Crippen LogP contribution >= 0.6 is 0 Å². The van der Waals surface area contributed by atoms with Gasteiger partial charge in [-0.15, -0.1) is 0 Å². The van der Waals surface area contributed by atoms with Crippen LogP contribution in [0.15, 0.2) is 42.5 Å². The average molecular weight is 255 g/mol. The molecule has 98 valence electrons. The van der Waals surface area contributed by atoms with Crippen LogP contribution in [0.3, 0.4) is 0 Å². The van der Waals surface area contributed by atoms with Crippen LogP contribution in [0.5, 0.6) is 0 Å². The van der Waals surface area contributed by atoms with Gasteiger partial charge in [0.15, 0.2) is 0 Å². The number of fused-ring (bicyclic) bond motifs is 1. The zero-order valence-corrected chi connectivity index (χ0v) is 10.7. The Morgan fingerprint density at radius 1 is 1.16 bits per heavy atom. The Bertz CT molecular complexity index is 615. The zero-order valence-electron chi connectivity index (χ0n) is 10.7. The van der Waals surface area contributed by atoms with E-state index in [1.165, 1.54) is 0 Å². The van der Waals surface area contributed by atoms with E-state index in [2.05, 4.69) is 5.32 Å². The molecule has 0 amide bonds. The Balaban J connectivity index is 2.12. The van der Waals surface area contributed by atoms with Crippen molar-refractivity contribution in [1.29, 1.82) is 0 Å². The Morgan fingerprint density at radius 3 is 2.63 bits per heavy atom. The van der Waals surface area contributed by atoms with E-state index in [1.54, 1.807) is 0 Å². The first-order valence-electron chi connectivity index (χ1n) is 6.66. The molecular weight excluding hydrogens is 238 g/mol. The summed E-state index contributed by atoms with van der Waals surface area (Å²) in [4.78, 5) is 11.8. The molecule has 3 nitrogen and oxygen atoms in total. The molecule has 0 aliphatic carbocycles. The van der Waals surface area contributed by atoms with Gasteiger partial charge in [0.25, 0.3) is 0 Å². The fourth-order valence-corrected chi connectivity index (χ4v) is 2.94. The van der Waals surface area contributed by atoms with E-state index in [-0.39, 0.29) is 0 Å². The molecule has 2 N–H and O–H groups in total. The predicted molar refractivity (Wildman–Crippen MR) is 75.4 cm³/mol. The van der Waals surface area contributed by atoms with Crippen molar-refractivity contribution < 1.29 is 9.90 Å². The van der Waals surface area contributed by atoms with Crippen LogP contribution in [-0.4, -0.2) is 24.2 Å². The van der Waals surface area contributed by atoms with Crippen molar-refractivity contribution in [2.75, 3.05) is 13.1 Å². The van der Waals surface area contributed by atoms with Crippen LogP contribution in [0.4, 0.5) is 0 Å². The Kier molecular flexibility index (Phi) is 2.99. The largest absolute Gasteiger partial charge is 0.481 e. The topological polar surface area (TPSA) is 49.3 Å². The molecule has 3 heteroatoms. The molecule has 0 saturated carbocycles. The van der Waals surface area contributed by atoms with E-state index in [0.717, 1.165) is 29.3 Å². The number of hydrogen-bond donors (Lipinski definition) is 2. The van der Waals surface area contributed by atoms with Crippen molar-refractivity contribution >= 4 is 16.7 Å². The molecule has 19 heavy (non-hydrogen) atoms. The van der Waals surface area contributed by atoms with Gasteiger partial charge < -0.3 is 10.4 Å². The SMILES string of the molecule is O=C(O)C1(c2ccc3ccccc3c2)CCCNC1. The summed E-state index contributed by atoms with van der Waals surface area (Å²) >= 11 is 0. The summed E-state index contributed by atoms with van der Waals surface area (Å²) in [6.07, 6.45) is 1.60. The van der Waals surface area contributed by atoms with Gasteiger partial charge in [0.2, 0.25) is 0 Å². The normalized spacial score (nSPS) is 23.4. The number of rotatable bonds is 2. The highest BCUT2D eigenvalue weighted by Crippen LogP contribution is 2.33. The average Bonchev–Trinajstić information content (AvgIpc) is 2.47. The van der Waals surface area contributed by atoms with E-state index in [1.807, 2.05) is 42.5 Å². The zero-order chi connectivity index (χ0) is 13.3. The van der Waals surface area contributed by atoms with Crippen molar-refractivity contribution in [2.45, 2.75) is 18.3 Å². The van der Waals surface area contributed by atoms with Gasteiger partial charge in [0, 0.05) is 6.54 Å². The molecule has 0 bridgehead atoms. The van der Waals surface area contributed by atoms with Gasteiger partial charge >= 0.3 is 5.97 Å². The fourth-order valence-electron chi connectivity index (χ4n) is 2.94. The molecule has 1 atom stereocenters. The third-order valence-corrected chi connectivity index (χ3v) is 4.10. The van der Waals surface area contributed by atoms with Crippen LogP contribution in [0.2, 0.25) is 0 Å². The number of carboxylic acids is 1. The number of piperidine rings is 1. The van der Waals surface area contributed by atoms with Gasteiger partial charge in [-0.1, -0.05) is 36.4 Å². The fraction of sp³-hybridized carbons (Fsp3) is 0.312. The molecule has 1 aliphatic heterocycles. The highest BCUT2D eigenvalue weighted by atomic mass is 16.4. The second kappa shape index (κ2) is 4.67. The maximum absolute atomic E-state index is 11.8. The molecule has 1 aliphatic rings. The van der Waals surface area contributed by atoms with Crippen LogP contribution in [0, 0.1) is 0 Å². The summed E-state index contributed by atoms with van der Waals surface area (Å²) in [6.45, 7) is 1.42. The number of carboxylic acid groups (broad SMARTS) is 1. The van der Waals surface area contributed by atoms with E-state index >= 15 is 0 Å².